The molecule has 0 bridgehead atoms. The molecule has 1 aromatic rings. The summed E-state index contributed by atoms with van der Waals surface area (Å²) in [5.41, 5.74) is 0.245. The lowest BCUT2D eigenvalue weighted by Crippen LogP contribution is -2.32. The van der Waals surface area contributed by atoms with Crippen LogP contribution in [0.3, 0.4) is 0 Å². The second-order valence-electron chi connectivity index (χ2n) is 4.58. The first-order valence-electron chi connectivity index (χ1n) is 6.11. The molecule has 0 aliphatic heterocycles. The minimum absolute atomic E-state index is 0.152. The van der Waals surface area contributed by atoms with E-state index in [1.165, 1.54) is 0 Å². The van der Waals surface area contributed by atoms with Gasteiger partial charge in [-0.3, -0.25) is 4.79 Å². The van der Waals surface area contributed by atoms with Gasteiger partial charge in [0.2, 0.25) is 0 Å². The lowest BCUT2D eigenvalue weighted by molar-refractivity contribution is 0.0907. The van der Waals surface area contributed by atoms with Gasteiger partial charge in [-0.05, 0) is 12.8 Å². The summed E-state index contributed by atoms with van der Waals surface area (Å²) < 4.78 is 9.81. The number of nitrogens with zero attached hydrogens (tertiary/aromatic N) is 1. The molecule has 1 amide bonds. The van der Waals surface area contributed by atoms with Gasteiger partial charge in [-0.25, -0.2) is 0 Å². The van der Waals surface area contributed by atoms with E-state index < -0.39 is 0 Å². The number of hydrogen-bond acceptors (Lipinski definition) is 5. The van der Waals surface area contributed by atoms with Gasteiger partial charge in [-0.2, -0.15) is 0 Å². The molecule has 2 atom stereocenters. The first-order chi connectivity index (χ1) is 8.70. The zero-order chi connectivity index (χ0) is 13.0. The fourth-order valence-corrected chi connectivity index (χ4v) is 2.20. The smallest absolute Gasteiger partial charge is 0.273 e. The van der Waals surface area contributed by atoms with Crippen LogP contribution in [0.25, 0.3) is 0 Å². The van der Waals surface area contributed by atoms with Crippen LogP contribution in [0.15, 0.2) is 10.6 Å². The molecule has 1 saturated carbocycles. The minimum Gasteiger partial charge on any atom is -0.393 e. The maximum atomic E-state index is 11.8. The number of methoxy groups -OCH3 is 1. The fraction of sp³-hybridized carbons (Fsp3) is 0.667. The van der Waals surface area contributed by atoms with E-state index in [0.29, 0.717) is 18.9 Å². The summed E-state index contributed by atoms with van der Waals surface area (Å²) in [6.07, 6.45) is 2.49. The number of nitrogens with one attached hydrogen (secondary N) is 1. The van der Waals surface area contributed by atoms with Crippen molar-refractivity contribution in [1.82, 2.24) is 10.5 Å². The number of carbonyl (C=O) groups excluding carboxylic acids is 1. The van der Waals surface area contributed by atoms with Gasteiger partial charge in [0.05, 0.1) is 6.10 Å². The second-order valence-corrected chi connectivity index (χ2v) is 4.58. The first kappa shape index (κ1) is 13.0. The van der Waals surface area contributed by atoms with E-state index in [9.17, 15) is 9.90 Å². The molecule has 0 saturated heterocycles. The third kappa shape index (κ3) is 3.08. The molecular weight excluding hydrogens is 236 g/mol. The van der Waals surface area contributed by atoms with Crippen molar-refractivity contribution in [3.8, 4) is 0 Å². The highest BCUT2D eigenvalue weighted by Crippen LogP contribution is 2.24. The van der Waals surface area contributed by atoms with Crippen molar-refractivity contribution in [2.75, 3.05) is 13.7 Å². The summed E-state index contributed by atoms with van der Waals surface area (Å²) in [5, 5.41) is 16.1. The minimum atomic E-state index is -0.299. The molecular formula is C12H18N2O4. The van der Waals surface area contributed by atoms with Crippen molar-refractivity contribution in [3.05, 3.63) is 17.5 Å². The average Bonchev–Trinajstić information content (AvgIpc) is 2.96. The Labute approximate surface area is 105 Å². The van der Waals surface area contributed by atoms with Crippen LogP contribution < -0.4 is 5.32 Å². The predicted molar refractivity (Wildman–Crippen MR) is 62.9 cm³/mol. The van der Waals surface area contributed by atoms with E-state index in [-0.39, 0.29) is 23.6 Å². The molecule has 1 fully saturated rings. The van der Waals surface area contributed by atoms with Gasteiger partial charge in [0.1, 0.15) is 6.61 Å². The molecule has 1 aliphatic carbocycles. The van der Waals surface area contributed by atoms with Gasteiger partial charge in [-0.15, -0.1) is 0 Å². The number of aromatic nitrogens is 1. The summed E-state index contributed by atoms with van der Waals surface area (Å²) in [5.74, 6) is 0.392. The molecule has 2 N–H and O–H groups in total. The molecule has 6 nitrogen and oxygen atoms in total. The highest BCUT2D eigenvalue weighted by molar-refractivity contribution is 5.92. The molecule has 18 heavy (non-hydrogen) atoms. The maximum absolute atomic E-state index is 11.8. The van der Waals surface area contributed by atoms with E-state index in [4.69, 9.17) is 9.26 Å². The van der Waals surface area contributed by atoms with E-state index in [0.717, 1.165) is 19.3 Å². The highest BCUT2D eigenvalue weighted by Gasteiger charge is 2.25. The summed E-state index contributed by atoms with van der Waals surface area (Å²) in [6, 6.07) is 1.56. The number of carbonyl (C=O) groups is 1. The number of aliphatic hydroxyl groups excluding tert-OH is 1. The van der Waals surface area contributed by atoms with Gasteiger partial charge in [0.25, 0.3) is 5.91 Å². The monoisotopic (exact) mass is 254 g/mol. The first-order valence-corrected chi connectivity index (χ1v) is 6.11. The van der Waals surface area contributed by atoms with Gasteiger partial charge < -0.3 is 19.7 Å². The van der Waals surface area contributed by atoms with Crippen molar-refractivity contribution in [3.63, 3.8) is 0 Å². The second kappa shape index (κ2) is 5.97. The van der Waals surface area contributed by atoms with Crippen LogP contribution in [0.2, 0.25) is 0 Å². The van der Waals surface area contributed by atoms with Gasteiger partial charge >= 0.3 is 0 Å². The normalized spacial score (nSPS) is 23.2. The number of ether oxygens (including phenoxy) is 1. The summed E-state index contributed by atoms with van der Waals surface area (Å²) in [7, 11) is 1.55. The Kier molecular flexibility index (Phi) is 4.33. The molecule has 0 radical (unpaired) electrons. The van der Waals surface area contributed by atoms with Crippen LogP contribution in [0.5, 0.6) is 0 Å². The van der Waals surface area contributed by atoms with Crippen molar-refractivity contribution < 1.29 is 19.2 Å². The van der Waals surface area contributed by atoms with Crippen LogP contribution in [-0.4, -0.2) is 35.9 Å². The third-order valence-corrected chi connectivity index (χ3v) is 3.22. The molecule has 100 valence electrons. The van der Waals surface area contributed by atoms with Crippen molar-refractivity contribution in [2.45, 2.75) is 32.0 Å². The number of rotatable bonds is 5. The highest BCUT2D eigenvalue weighted by atomic mass is 16.5. The molecule has 6 heteroatoms. The Morgan fingerprint density at radius 1 is 1.67 bits per heavy atom. The van der Waals surface area contributed by atoms with Crippen LogP contribution in [-0.2, 0) is 11.3 Å². The van der Waals surface area contributed by atoms with Gasteiger partial charge in [0.15, 0.2) is 11.5 Å². The molecule has 1 heterocycles. The summed E-state index contributed by atoms with van der Waals surface area (Å²) in [4.78, 5) is 11.8. The number of hydrogen-bond donors (Lipinski definition) is 2. The van der Waals surface area contributed by atoms with E-state index in [1.54, 1.807) is 13.2 Å². The molecule has 2 rings (SSSR count). The Hall–Kier alpha value is -1.40. The molecule has 0 spiro atoms. The Morgan fingerprint density at radius 2 is 2.50 bits per heavy atom. The SMILES string of the molecule is COCc1cc(C(=O)NCC2CCCC2O)no1. The fourth-order valence-electron chi connectivity index (χ4n) is 2.20. The molecule has 1 aromatic heterocycles. The van der Waals surface area contributed by atoms with Gasteiger partial charge in [-0.1, -0.05) is 11.6 Å². The van der Waals surface area contributed by atoms with Crippen molar-refractivity contribution >= 4 is 5.91 Å². The number of amides is 1. The molecule has 2 unspecified atom stereocenters. The quantitative estimate of drug-likeness (QED) is 0.808. The zero-order valence-corrected chi connectivity index (χ0v) is 10.4. The predicted octanol–water partition coefficient (Wildman–Crippen LogP) is 0.712. The third-order valence-electron chi connectivity index (χ3n) is 3.22. The Bertz CT molecular complexity index is 405. The van der Waals surface area contributed by atoms with E-state index >= 15 is 0 Å². The Balaban J connectivity index is 1.83. The summed E-state index contributed by atoms with van der Waals surface area (Å²) in [6.45, 7) is 0.772. The largest absolute Gasteiger partial charge is 0.393 e. The lowest BCUT2D eigenvalue weighted by Gasteiger charge is -2.14. The average molecular weight is 254 g/mol. The van der Waals surface area contributed by atoms with Crippen molar-refractivity contribution in [1.29, 1.82) is 0 Å². The van der Waals surface area contributed by atoms with Crippen LogP contribution in [0.1, 0.15) is 35.5 Å². The molecule has 1 aliphatic rings. The zero-order valence-electron chi connectivity index (χ0n) is 10.4. The van der Waals surface area contributed by atoms with Gasteiger partial charge in [0, 0.05) is 25.6 Å². The Morgan fingerprint density at radius 3 is 3.17 bits per heavy atom. The summed E-state index contributed by atoms with van der Waals surface area (Å²) >= 11 is 0. The lowest BCUT2D eigenvalue weighted by atomic mass is 10.1. The van der Waals surface area contributed by atoms with Crippen LogP contribution >= 0.6 is 0 Å². The van der Waals surface area contributed by atoms with Crippen LogP contribution in [0.4, 0.5) is 0 Å². The molecule has 0 aromatic carbocycles. The maximum Gasteiger partial charge on any atom is 0.273 e. The van der Waals surface area contributed by atoms with E-state index in [1.807, 2.05) is 0 Å². The van der Waals surface area contributed by atoms with E-state index in [2.05, 4.69) is 10.5 Å². The number of aliphatic hydroxyl groups is 1. The standard InChI is InChI=1S/C12H18N2O4/c1-17-7-9-5-10(14-18-9)12(16)13-6-8-3-2-4-11(8)15/h5,8,11,15H,2-4,6-7H2,1H3,(H,13,16). The van der Waals surface area contributed by atoms with Crippen LogP contribution in [0, 0.1) is 5.92 Å². The topological polar surface area (TPSA) is 84.6 Å². The van der Waals surface area contributed by atoms with Crippen molar-refractivity contribution in [2.24, 2.45) is 5.92 Å².